The zero-order valence-electron chi connectivity index (χ0n) is 11.1. The number of hydrogen-bond donors (Lipinski definition) is 1. The molecule has 2 aliphatic rings. The molecule has 2 saturated heterocycles. The van der Waals surface area contributed by atoms with Crippen LogP contribution < -0.4 is 10.2 Å². The molecule has 0 bridgehead atoms. The van der Waals surface area contributed by atoms with Crippen LogP contribution in [0.2, 0.25) is 0 Å². The zero-order chi connectivity index (χ0) is 14.1. The van der Waals surface area contributed by atoms with E-state index in [-0.39, 0.29) is 5.69 Å². The molecule has 1 aromatic carbocycles. The van der Waals surface area contributed by atoms with Gasteiger partial charge >= 0.3 is 0 Å². The largest absolute Gasteiger partial charge is 0.363 e. The van der Waals surface area contributed by atoms with Crippen LogP contribution >= 0.6 is 0 Å². The molecular weight excluding hydrogens is 263 g/mol. The predicted molar refractivity (Wildman–Crippen MR) is 73.5 cm³/mol. The minimum absolute atomic E-state index is 0.149. The first kappa shape index (κ1) is 13.3. The molecule has 6 nitrogen and oxygen atoms in total. The van der Waals surface area contributed by atoms with Gasteiger partial charge in [-0.05, 0) is 12.1 Å². The molecule has 2 heterocycles. The minimum Gasteiger partial charge on any atom is -0.363 e. The average molecular weight is 280 g/mol. The molecule has 7 heteroatoms. The number of nitro benzene ring substituents is 1. The summed E-state index contributed by atoms with van der Waals surface area (Å²) >= 11 is 0. The lowest BCUT2D eigenvalue weighted by molar-refractivity contribution is -0.384. The summed E-state index contributed by atoms with van der Waals surface area (Å²) in [6.45, 7) is 5.31. The van der Waals surface area contributed by atoms with Crippen LogP contribution in [0.4, 0.5) is 15.8 Å². The standard InChI is InChI=1S/C13H17FN4O2/c14-10-1-2-12(13(7-10)18(19)20)17-5-3-16(4-6-17)11-8-15-9-11/h1-2,7,11,15H,3-6,8-9H2. The number of hydrogen-bond acceptors (Lipinski definition) is 5. The Hall–Kier alpha value is -1.73. The molecule has 2 aliphatic heterocycles. The maximum atomic E-state index is 13.2. The van der Waals surface area contributed by atoms with Crippen LogP contribution in [-0.4, -0.2) is 55.1 Å². The minimum atomic E-state index is -0.570. The molecule has 1 aromatic rings. The Balaban J connectivity index is 1.72. The number of nitro groups is 1. The highest BCUT2D eigenvalue weighted by Gasteiger charge is 2.29. The fraction of sp³-hybridized carbons (Fsp3) is 0.538. The summed E-state index contributed by atoms with van der Waals surface area (Å²) in [5.41, 5.74) is 0.367. The number of piperazine rings is 1. The molecule has 0 spiro atoms. The van der Waals surface area contributed by atoms with Crippen molar-refractivity contribution in [3.8, 4) is 0 Å². The van der Waals surface area contributed by atoms with Crippen LogP contribution in [0, 0.1) is 15.9 Å². The first-order chi connectivity index (χ1) is 9.65. The molecule has 0 atom stereocenters. The van der Waals surface area contributed by atoms with Gasteiger partial charge < -0.3 is 10.2 Å². The third-order valence-electron chi connectivity index (χ3n) is 4.07. The van der Waals surface area contributed by atoms with E-state index in [9.17, 15) is 14.5 Å². The molecule has 0 unspecified atom stereocenters. The van der Waals surface area contributed by atoms with E-state index in [4.69, 9.17) is 0 Å². The van der Waals surface area contributed by atoms with E-state index in [1.807, 2.05) is 4.90 Å². The quantitative estimate of drug-likeness (QED) is 0.656. The summed E-state index contributed by atoms with van der Waals surface area (Å²) in [6, 6.07) is 4.39. The first-order valence-electron chi connectivity index (χ1n) is 6.79. The fourth-order valence-electron chi connectivity index (χ4n) is 2.77. The molecule has 1 N–H and O–H groups in total. The molecule has 108 valence electrons. The fourth-order valence-corrected chi connectivity index (χ4v) is 2.77. The molecule has 2 fully saturated rings. The van der Waals surface area contributed by atoms with Gasteiger partial charge in [-0.2, -0.15) is 0 Å². The summed E-state index contributed by atoms with van der Waals surface area (Å²) in [7, 11) is 0. The van der Waals surface area contributed by atoms with E-state index in [2.05, 4.69) is 10.2 Å². The summed E-state index contributed by atoms with van der Waals surface area (Å²) in [5, 5.41) is 14.3. The van der Waals surface area contributed by atoms with Gasteiger partial charge in [-0.25, -0.2) is 4.39 Å². The third kappa shape index (κ3) is 2.46. The van der Waals surface area contributed by atoms with Crippen molar-refractivity contribution >= 4 is 11.4 Å². The topological polar surface area (TPSA) is 61.7 Å². The highest BCUT2D eigenvalue weighted by atomic mass is 19.1. The molecular formula is C13H17FN4O2. The van der Waals surface area contributed by atoms with Crippen molar-refractivity contribution < 1.29 is 9.31 Å². The van der Waals surface area contributed by atoms with Crippen molar-refractivity contribution in [2.24, 2.45) is 0 Å². The Bertz CT molecular complexity index is 513. The molecule has 20 heavy (non-hydrogen) atoms. The molecule has 0 aromatic heterocycles. The SMILES string of the molecule is O=[N+]([O-])c1cc(F)ccc1N1CCN(C2CNC2)CC1. The van der Waals surface area contributed by atoms with Crippen molar-refractivity contribution in [3.05, 3.63) is 34.1 Å². The Morgan fingerprint density at radius 3 is 2.50 bits per heavy atom. The number of nitrogens with zero attached hydrogens (tertiary/aromatic N) is 3. The molecule has 0 aliphatic carbocycles. The predicted octanol–water partition coefficient (Wildman–Crippen LogP) is 0.828. The number of anilines is 1. The lowest BCUT2D eigenvalue weighted by Gasteiger charge is -2.43. The normalized spacial score (nSPS) is 20.8. The molecule has 0 amide bonds. The van der Waals surface area contributed by atoms with Gasteiger partial charge in [0.1, 0.15) is 11.5 Å². The second-order valence-corrected chi connectivity index (χ2v) is 5.23. The van der Waals surface area contributed by atoms with Gasteiger partial charge in [-0.1, -0.05) is 0 Å². The molecule has 0 saturated carbocycles. The molecule has 3 rings (SSSR count). The van der Waals surface area contributed by atoms with E-state index in [0.717, 1.165) is 45.3 Å². The van der Waals surface area contributed by atoms with Crippen molar-refractivity contribution in [2.45, 2.75) is 6.04 Å². The van der Waals surface area contributed by atoms with Crippen molar-refractivity contribution in [2.75, 3.05) is 44.2 Å². The maximum Gasteiger partial charge on any atom is 0.295 e. The van der Waals surface area contributed by atoms with Crippen LogP contribution in [0.5, 0.6) is 0 Å². The maximum absolute atomic E-state index is 13.2. The first-order valence-corrected chi connectivity index (χ1v) is 6.79. The second-order valence-electron chi connectivity index (χ2n) is 5.23. The van der Waals surface area contributed by atoms with E-state index in [0.29, 0.717) is 11.7 Å². The number of benzene rings is 1. The zero-order valence-corrected chi connectivity index (χ0v) is 11.1. The van der Waals surface area contributed by atoms with Gasteiger partial charge in [0.2, 0.25) is 0 Å². The number of halogens is 1. The van der Waals surface area contributed by atoms with Crippen molar-refractivity contribution in [1.82, 2.24) is 10.2 Å². The van der Waals surface area contributed by atoms with Gasteiger partial charge in [0.15, 0.2) is 0 Å². The summed E-state index contributed by atoms with van der Waals surface area (Å²) in [4.78, 5) is 14.9. The van der Waals surface area contributed by atoms with Gasteiger partial charge in [0.25, 0.3) is 5.69 Å². The molecule has 0 radical (unpaired) electrons. The van der Waals surface area contributed by atoms with Crippen LogP contribution in [0.15, 0.2) is 18.2 Å². The van der Waals surface area contributed by atoms with Gasteiger partial charge in [0, 0.05) is 45.3 Å². The smallest absolute Gasteiger partial charge is 0.295 e. The van der Waals surface area contributed by atoms with Gasteiger partial charge in [-0.15, -0.1) is 0 Å². The van der Waals surface area contributed by atoms with Gasteiger partial charge in [-0.3, -0.25) is 15.0 Å². The Kier molecular flexibility index (Phi) is 3.54. The van der Waals surface area contributed by atoms with Gasteiger partial charge in [0.05, 0.1) is 11.0 Å². The Morgan fingerprint density at radius 2 is 1.95 bits per heavy atom. The lowest BCUT2D eigenvalue weighted by Crippen LogP contribution is -2.61. The monoisotopic (exact) mass is 280 g/mol. The summed E-state index contributed by atoms with van der Waals surface area (Å²) < 4.78 is 13.2. The number of rotatable bonds is 3. The Morgan fingerprint density at radius 1 is 1.25 bits per heavy atom. The summed E-state index contributed by atoms with van der Waals surface area (Å²) in [5.74, 6) is -0.570. The lowest BCUT2D eigenvalue weighted by atomic mass is 10.1. The van der Waals surface area contributed by atoms with E-state index >= 15 is 0 Å². The third-order valence-corrected chi connectivity index (χ3v) is 4.07. The highest BCUT2D eigenvalue weighted by Crippen LogP contribution is 2.29. The van der Waals surface area contributed by atoms with Crippen molar-refractivity contribution in [1.29, 1.82) is 0 Å². The van der Waals surface area contributed by atoms with Crippen LogP contribution in [0.25, 0.3) is 0 Å². The Labute approximate surface area is 116 Å². The van der Waals surface area contributed by atoms with Crippen LogP contribution in [0.1, 0.15) is 0 Å². The highest BCUT2D eigenvalue weighted by molar-refractivity contribution is 5.63. The number of nitrogens with one attached hydrogen (secondary N) is 1. The van der Waals surface area contributed by atoms with Crippen LogP contribution in [0.3, 0.4) is 0 Å². The van der Waals surface area contributed by atoms with Crippen molar-refractivity contribution in [3.63, 3.8) is 0 Å². The van der Waals surface area contributed by atoms with E-state index < -0.39 is 10.7 Å². The average Bonchev–Trinajstić information content (AvgIpc) is 2.38. The van der Waals surface area contributed by atoms with Crippen LogP contribution in [-0.2, 0) is 0 Å². The second kappa shape index (κ2) is 5.34. The van der Waals surface area contributed by atoms with E-state index in [1.165, 1.54) is 12.1 Å². The van der Waals surface area contributed by atoms with E-state index in [1.54, 1.807) is 0 Å². The summed E-state index contributed by atoms with van der Waals surface area (Å²) in [6.07, 6.45) is 0.